The molecule has 0 radical (unpaired) electrons. The first kappa shape index (κ1) is 14.9. The molecule has 0 aromatic heterocycles. The fourth-order valence-corrected chi connectivity index (χ4v) is 2.21. The predicted octanol–water partition coefficient (Wildman–Crippen LogP) is 1.52. The first-order valence-electron chi connectivity index (χ1n) is 6.67. The van der Waals surface area contributed by atoms with Crippen molar-refractivity contribution in [3.8, 4) is 0 Å². The van der Waals surface area contributed by atoms with E-state index in [9.17, 15) is 5.11 Å². The minimum absolute atomic E-state index is 0.00722. The number of nitrogens with one attached hydrogen (secondary N) is 1. The Morgan fingerprint density at radius 3 is 2.29 bits per heavy atom. The molecule has 1 fully saturated rings. The third kappa shape index (κ3) is 3.91. The molecule has 0 amide bonds. The maximum absolute atomic E-state index is 9.63. The second kappa shape index (κ2) is 6.69. The maximum Gasteiger partial charge on any atom is 0.158 e. The van der Waals surface area contributed by atoms with Crippen LogP contribution >= 0.6 is 0 Å². The molecule has 0 aromatic carbocycles. The molecule has 2 unspecified atom stereocenters. The minimum Gasteiger partial charge on any atom is -0.392 e. The van der Waals surface area contributed by atoms with E-state index in [2.05, 4.69) is 19.2 Å². The van der Waals surface area contributed by atoms with Gasteiger partial charge in [0, 0.05) is 37.6 Å². The van der Waals surface area contributed by atoms with Gasteiger partial charge in [-0.3, -0.25) is 0 Å². The summed E-state index contributed by atoms with van der Waals surface area (Å²) in [6, 6.07) is 0.404. The molecule has 1 rings (SSSR count). The molecule has 0 saturated heterocycles. The zero-order chi connectivity index (χ0) is 12.9. The monoisotopic (exact) mass is 245 g/mol. The lowest BCUT2D eigenvalue weighted by atomic mass is 9.64. The van der Waals surface area contributed by atoms with Crippen molar-refractivity contribution in [1.29, 1.82) is 0 Å². The van der Waals surface area contributed by atoms with Crippen LogP contribution in [0.2, 0.25) is 0 Å². The topological polar surface area (TPSA) is 50.7 Å². The lowest BCUT2D eigenvalue weighted by molar-refractivity contribution is -0.140. The third-order valence-electron chi connectivity index (χ3n) is 3.69. The molecule has 1 aliphatic carbocycles. The van der Waals surface area contributed by atoms with Gasteiger partial charge in [0.2, 0.25) is 0 Å². The normalized spacial score (nSPS) is 27.2. The molecular weight excluding hydrogens is 218 g/mol. The summed E-state index contributed by atoms with van der Waals surface area (Å²) < 4.78 is 11.0. The molecular formula is C13H27NO3. The van der Waals surface area contributed by atoms with Gasteiger partial charge >= 0.3 is 0 Å². The maximum atomic E-state index is 9.63. The summed E-state index contributed by atoms with van der Waals surface area (Å²) in [6.45, 7) is 10.4. The highest BCUT2D eigenvalue weighted by Crippen LogP contribution is 2.40. The molecule has 4 heteroatoms. The van der Waals surface area contributed by atoms with Crippen LogP contribution < -0.4 is 5.32 Å². The Labute approximate surface area is 105 Å². The molecule has 1 aliphatic rings. The smallest absolute Gasteiger partial charge is 0.158 e. The van der Waals surface area contributed by atoms with E-state index in [1.165, 1.54) is 0 Å². The van der Waals surface area contributed by atoms with E-state index in [-0.39, 0.29) is 17.8 Å². The summed E-state index contributed by atoms with van der Waals surface area (Å²) in [5.41, 5.74) is -0.00722. The van der Waals surface area contributed by atoms with E-state index < -0.39 is 0 Å². The second-order valence-electron chi connectivity index (χ2n) is 5.21. The molecule has 0 spiro atoms. The fourth-order valence-electron chi connectivity index (χ4n) is 2.21. The van der Waals surface area contributed by atoms with Crippen molar-refractivity contribution < 1.29 is 14.6 Å². The van der Waals surface area contributed by atoms with Crippen LogP contribution in [0.15, 0.2) is 0 Å². The molecule has 2 N–H and O–H groups in total. The van der Waals surface area contributed by atoms with E-state index in [4.69, 9.17) is 9.47 Å². The van der Waals surface area contributed by atoms with E-state index in [1.54, 1.807) is 0 Å². The van der Waals surface area contributed by atoms with Crippen LogP contribution in [0.5, 0.6) is 0 Å². The Hall–Kier alpha value is -0.160. The van der Waals surface area contributed by atoms with Crippen molar-refractivity contribution in [2.24, 2.45) is 5.41 Å². The van der Waals surface area contributed by atoms with Crippen LogP contribution in [0, 0.1) is 5.41 Å². The molecule has 17 heavy (non-hydrogen) atoms. The van der Waals surface area contributed by atoms with E-state index in [0.29, 0.717) is 19.3 Å². The largest absolute Gasteiger partial charge is 0.392 e. The first-order chi connectivity index (χ1) is 8.02. The van der Waals surface area contributed by atoms with Gasteiger partial charge in [-0.1, -0.05) is 13.8 Å². The summed E-state index contributed by atoms with van der Waals surface area (Å²) in [6.07, 6.45) is 1.42. The zero-order valence-corrected chi connectivity index (χ0v) is 11.5. The van der Waals surface area contributed by atoms with Gasteiger partial charge in [-0.05, 0) is 20.3 Å². The van der Waals surface area contributed by atoms with Crippen LogP contribution in [0.4, 0.5) is 0 Å². The lowest BCUT2D eigenvalue weighted by Gasteiger charge is -2.49. The van der Waals surface area contributed by atoms with Crippen LogP contribution in [-0.4, -0.2) is 43.3 Å². The van der Waals surface area contributed by atoms with E-state index in [0.717, 1.165) is 19.4 Å². The second-order valence-corrected chi connectivity index (χ2v) is 5.21. The first-order valence-corrected chi connectivity index (χ1v) is 6.67. The highest BCUT2D eigenvalue weighted by Gasteiger charge is 2.46. The Kier molecular flexibility index (Phi) is 5.86. The van der Waals surface area contributed by atoms with Gasteiger partial charge < -0.3 is 19.9 Å². The lowest BCUT2D eigenvalue weighted by Crippen LogP contribution is -2.60. The molecule has 1 saturated carbocycles. The van der Waals surface area contributed by atoms with Crippen LogP contribution in [0.1, 0.15) is 40.5 Å². The standard InChI is InChI=1S/C13H27NO3/c1-5-16-12(17-6-2)7-8-14-10-9-11(15)13(10,3)4/h10-12,14-15H,5-9H2,1-4H3. The Bertz CT molecular complexity index is 215. The van der Waals surface area contributed by atoms with E-state index in [1.807, 2.05) is 13.8 Å². The molecule has 102 valence electrons. The van der Waals surface area contributed by atoms with Crippen LogP contribution in [0.3, 0.4) is 0 Å². The van der Waals surface area contributed by atoms with Crippen molar-refractivity contribution in [3.63, 3.8) is 0 Å². The average molecular weight is 245 g/mol. The minimum atomic E-state index is -0.172. The summed E-state index contributed by atoms with van der Waals surface area (Å²) in [7, 11) is 0. The van der Waals surface area contributed by atoms with Crippen molar-refractivity contribution in [2.45, 2.75) is 59.0 Å². The summed E-state index contributed by atoms with van der Waals surface area (Å²) in [4.78, 5) is 0. The van der Waals surface area contributed by atoms with Gasteiger partial charge in [0.25, 0.3) is 0 Å². The van der Waals surface area contributed by atoms with Gasteiger partial charge in [0.15, 0.2) is 6.29 Å². The van der Waals surface area contributed by atoms with Gasteiger partial charge in [-0.15, -0.1) is 0 Å². The molecule has 4 nitrogen and oxygen atoms in total. The van der Waals surface area contributed by atoms with Crippen molar-refractivity contribution in [3.05, 3.63) is 0 Å². The van der Waals surface area contributed by atoms with Crippen molar-refractivity contribution in [1.82, 2.24) is 5.32 Å². The zero-order valence-electron chi connectivity index (χ0n) is 11.5. The Morgan fingerprint density at radius 1 is 1.29 bits per heavy atom. The number of hydrogen-bond donors (Lipinski definition) is 2. The van der Waals surface area contributed by atoms with Gasteiger partial charge in [0.1, 0.15) is 0 Å². The highest BCUT2D eigenvalue weighted by molar-refractivity contribution is 5.01. The van der Waals surface area contributed by atoms with Gasteiger partial charge in [0.05, 0.1) is 6.10 Å². The third-order valence-corrected chi connectivity index (χ3v) is 3.69. The van der Waals surface area contributed by atoms with Gasteiger partial charge in [-0.25, -0.2) is 0 Å². The molecule has 2 atom stereocenters. The van der Waals surface area contributed by atoms with Crippen molar-refractivity contribution >= 4 is 0 Å². The van der Waals surface area contributed by atoms with Gasteiger partial charge in [-0.2, -0.15) is 0 Å². The van der Waals surface area contributed by atoms with Crippen LogP contribution in [-0.2, 0) is 9.47 Å². The number of hydrogen-bond acceptors (Lipinski definition) is 4. The predicted molar refractivity (Wildman–Crippen MR) is 67.9 cm³/mol. The Balaban J connectivity index is 2.18. The number of ether oxygens (including phenoxy) is 2. The highest BCUT2D eigenvalue weighted by atomic mass is 16.7. The number of aliphatic hydroxyl groups excluding tert-OH is 1. The molecule has 0 aromatic rings. The summed E-state index contributed by atoms with van der Waals surface area (Å²) >= 11 is 0. The van der Waals surface area contributed by atoms with E-state index >= 15 is 0 Å². The molecule has 0 heterocycles. The number of rotatable bonds is 8. The van der Waals surface area contributed by atoms with Crippen molar-refractivity contribution in [2.75, 3.05) is 19.8 Å². The summed E-state index contributed by atoms with van der Waals surface area (Å²) in [5.74, 6) is 0. The SMILES string of the molecule is CCOC(CCNC1CC(O)C1(C)C)OCC. The number of aliphatic hydroxyl groups is 1. The molecule has 0 aliphatic heterocycles. The van der Waals surface area contributed by atoms with Crippen LogP contribution in [0.25, 0.3) is 0 Å². The fraction of sp³-hybridized carbons (Fsp3) is 1.00. The Morgan fingerprint density at radius 2 is 1.88 bits per heavy atom. The molecule has 0 bridgehead atoms. The average Bonchev–Trinajstić information content (AvgIpc) is 2.28. The summed E-state index contributed by atoms with van der Waals surface area (Å²) in [5, 5.41) is 13.1. The quantitative estimate of drug-likeness (QED) is 0.637.